The lowest BCUT2D eigenvalue weighted by Gasteiger charge is -2.24. The fourth-order valence-corrected chi connectivity index (χ4v) is 8.05. The van der Waals surface area contributed by atoms with Crippen LogP contribution in [0.25, 0.3) is 0 Å². The van der Waals surface area contributed by atoms with E-state index in [4.69, 9.17) is 4.74 Å². The van der Waals surface area contributed by atoms with Crippen molar-refractivity contribution >= 4 is 11.9 Å². The Labute approximate surface area is 367 Å². The fraction of sp³-hybridized carbons (Fsp3) is 0.887. The van der Waals surface area contributed by atoms with Crippen LogP contribution in [0.4, 0.5) is 0 Å². The Morgan fingerprint density at radius 2 is 0.864 bits per heavy atom. The average molecular weight is 832 g/mol. The van der Waals surface area contributed by atoms with Gasteiger partial charge in [0.25, 0.3) is 0 Å². The smallest absolute Gasteiger partial charge is 0.306 e. The number of unbranched alkanes of at least 4 members (excludes halogenated alkanes) is 31. The van der Waals surface area contributed by atoms with Crippen LogP contribution in [-0.4, -0.2) is 46.9 Å². The fourth-order valence-electron chi connectivity index (χ4n) is 8.05. The minimum absolute atomic E-state index is 0.0773. The van der Waals surface area contributed by atoms with Crippen LogP contribution in [0.5, 0.6) is 0 Å². The van der Waals surface area contributed by atoms with Gasteiger partial charge >= 0.3 is 5.97 Å². The van der Waals surface area contributed by atoms with Crippen molar-refractivity contribution in [3.63, 3.8) is 0 Å². The van der Waals surface area contributed by atoms with Gasteiger partial charge in [-0.2, -0.15) is 0 Å². The average Bonchev–Trinajstić information content (AvgIpc) is 3.23. The van der Waals surface area contributed by atoms with Gasteiger partial charge in [0.15, 0.2) is 0 Å². The number of nitrogens with one attached hydrogen (secondary N) is 1. The van der Waals surface area contributed by atoms with Gasteiger partial charge in [-0.3, -0.25) is 9.59 Å². The Hall–Kier alpha value is -1.66. The van der Waals surface area contributed by atoms with Crippen molar-refractivity contribution in [1.82, 2.24) is 5.32 Å². The summed E-state index contributed by atoms with van der Waals surface area (Å²) in [5.41, 5.74) is 0. The molecule has 0 saturated heterocycles. The summed E-state index contributed by atoms with van der Waals surface area (Å²) >= 11 is 0. The summed E-state index contributed by atoms with van der Waals surface area (Å²) in [6.07, 6.45) is 53.8. The van der Waals surface area contributed by atoms with Crippen LogP contribution in [0.1, 0.15) is 278 Å². The lowest BCUT2D eigenvalue weighted by molar-refractivity contribution is -0.151. The highest BCUT2D eigenvalue weighted by molar-refractivity contribution is 5.77. The van der Waals surface area contributed by atoms with Crippen LogP contribution >= 0.6 is 0 Å². The predicted octanol–water partition coefficient (Wildman–Crippen LogP) is 15.5. The molecule has 0 aliphatic heterocycles. The molecule has 0 bridgehead atoms. The molecule has 0 heterocycles. The second-order valence-electron chi connectivity index (χ2n) is 17.9. The Morgan fingerprint density at radius 1 is 0.492 bits per heavy atom. The van der Waals surface area contributed by atoms with Crippen LogP contribution in [-0.2, 0) is 14.3 Å². The van der Waals surface area contributed by atoms with Gasteiger partial charge < -0.3 is 20.3 Å². The summed E-state index contributed by atoms with van der Waals surface area (Å²) < 4.78 is 5.94. The largest absolute Gasteiger partial charge is 0.462 e. The zero-order chi connectivity index (χ0) is 43.1. The lowest BCUT2D eigenvalue weighted by atomic mass is 10.0. The molecular formula is C53H101NO5. The summed E-state index contributed by atoms with van der Waals surface area (Å²) in [5, 5.41) is 23.7. The normalized spacial score (nSPS) is 13.4. The highest BCUT2D eigenvalue weighted by Crippen LogP contribution is 2.18. The molecule has 1 amide bonds. The molecule has 0 rings (SSSR count). The van der Waals surface area contributed by atoms with E-state index in [0.29, 0.717) is 19.3 Å². The molecule has 0 spiro atoms. The van der Waals surface area contributed by atoms with Gasteiger partial charge in [-0.1, -0.05) is 231 Å². The standard InChI is InChI=1S/C53H101NO5/c1-4-7-10-13-16-19-21-23-25-26-27-28-30-33-35-38-41-44-49(59-53(58)46-43-40-37-34-31-29-24-22-20-17-14-11-8-5-2)47-52(57)54-50(48-55)51(56)45-42-39-36-32-18-15-12-9-6-3/h16,19,23,25,49-51,55-56H,4-15,17-18,20-22,24,26-48H2,1-3H3,(H,54,57)/b19-16-,25-23-. The SMILES string of the molecule is CCCCC/C=C\C/C=C\CCCCCCCCCC(CC(=O)NC(CO)C(O)CCCCCCCCCCC)OC(=O)CCCCCCCCCCCCCCCC. The van der Waals surface area contributed by atoms with Crippen molar-refractivity contribution in [3.8, 4) is 0 Å². The third kappa shape index (κ3) is 42.8. The number of rotatable bonds is 47. The van der Waals surface area contributed by atoms with Crippen molar-refractivity contribution < 1.29 is 24.5 Å². The first kappa shape index (κ1) is 57.3. The summed E-state index contributed by atoms with van der Waals surface area (Å²) in [4.78, 5) is 26.1. The van der Waals surface area contributed by atoms with E-state index in [0.717, 1.165) is 70.6 Å². The molecular weight excluding hydrogens is 731 g/mol. The first-order valence-corrected chi connectivity index (χ1v) is 26.1. The number of ether oxygens (including phenoxy) is 1. The van der Waals surface area contributed by atoms with Gasteiger partial charge in [-0.15, -0.1) is 0 Å². The number of carbonyl (C=O) groups is 2. The van der Waals surface area contributed by atoms with Crippen molar-refractivity contribution in [3.05, 3.63) is 24.3 Å². The van der Waals surface area contributed by atoms with E-state index in [1.54, 1.807) is 0 Å². The number of hydrogen-bond donors (Lipinski definition) is 3. The molecule has 0 radical (unpaired) electrons. The Balaban J connectivity index is 4.56. The molecule has 0 aromatic rings. The Kier molecular flexibility index (Phi) is 46.1. The van der Waals surface area contributed by atoms with E-state index in [9.17, 15) is 19.8 Å². The van der Waals surface area contributed by atoms with E-state index < -0.39 is 18.2 Å². The zero-order valence-corrected chi connectivity index (χ0v) is 39.7. The highest BCUT2D eigenvalue weighted by atomic mass is 16.5. The topological polar surface area (TPSA) is 95.9 Å². The van der Waals surface area contributed by atoms with Crippen LogP contribution < -0.4 is 5.32 Å². The first-order valence-electron chi connectivity index (χ1n) is 26.1. The molecule has 3 atom stereocenters. The van der Waals surface area contributed by atoms with E-state index in [2.05, 4.69) is 50.4 Å². The van der Waals surface area contributed by atoms with Gasteiger partial charge in [-0.05, 0) is 57.8 Å². The number of hydrogen-bond acceptors (Lipinski definition) is 5. The second-order valence-corrected chi connectivity index (χ2v) is 17.9. The molecule has 0 saturated carbocycles. The van der Waals surface area contributed by atoms with Crippen molar-refractivity contribution in [2.75, 3.05) is 6.61 Å². The van der Waals surface area contributed by atoms with E-state index in [1.807, 2.05) is 0 Å². The Morgan fingerprint density at radius 3 is 1.32 bits per heavy atom. The van der Waals surface area contributed by atoms with Crippen LogP contribution in [0, 0.1) is 0 Å². The summed E-state index contributed by atoms with van der Waals surface area (Å²) in [7, 11) is 0. The zero-order valence-electron chi connectivity index (χ0n) is 39.7. The molecule has 0 aliphatic rings. The van der Waals surface area contributed by atoms with Crippen LogP contribution in [0.15, 0.2) is 24.3 Å². The predicted molar refractivity (Wildman–Crippen MR) is 255 cm³/mol. The monoisotopic (exact) mass is 832 g/mol. The summed E-state index contributed by atoms with van der Waals surface area (Å²) in [6, 6.07) is -0.698. The van der Waals surface area contributed by atoms with E-state index in [1.165, 1.54) is 161 Å². The molecule has 348 valence electrons. The van der Waals surface area contributed by atoms with E-state index >= 15 is 0 Å². The molecule has 6 nitrogen and oxygen atoms in total. The second kappa shape index (κ2) is 47.4. The molecule has 0 aromatic heterocycles. The maximum Gasteiger partial charge on any atom is 0.306 e. The first-order chi connectivity index (χ1) is 29.0. The Bertz CT molecular complexity index is 935. The number of aliphatic hydroxyl groups is 2. The van der Waals surface area contributed by atoms with Crippen molar-refractivity contribution in [2.24, 2.45) is 0 Å². The minimum atomic E-state index is -0.784. The van der Waals surface area contributed by atoms with Crippen LogP contribution in [0.2, 0.25) is 0 Å². The lowest BCUT2D eigenvalue weighted by Crippen LogP contribution is -2.46. The van der Waals surface area contributed by atoms with Crippen molar-refractivity contribution in [2.45, 2.75) is 296 Å². The third-order valence-corrected chi connectivity index (χ3v) is 12.0. The van der Waals surface area contributed by atoms with Gasteiger partial charge in [0.05, 0.1) is 25.2 Å². The summed E-state index contributed by atoms with van der Waals surface area (Å²) in [5.74, 6) is -0.468. The van der Waals surface area contributed by atoms with Gasteiger partial charge in [0, 0.05) is 6.42 Å². The van der Waals surface area contributed by atoms with E-state index in [-0.39, 0.29) is 24.9 Å². The molecule has 0 aliphatic carbocycles. The number of aliphatic hydroxyl groups excluding tert-OH is 2. The molecule has 3 N–H and O–H groups in total. The maximum absolute atomic E-state index is 13.2. The van der Waals surface area contributed by atoms with Crippen molar-refractivity contribution in [1.29, 1.82) is 0 Å². The maximum atomic E-state index is 13.2. The van der Waals surface area contributed by atoms with Gasteiger partial charge in [0.2, 0.25) is 5.91 Å². The number of carbonyl (C=O) groups excluding carboxylic acids is 2. The third-order valence-electron chi connectivity index (χ3n) is 12.0. The van der Waals surface area contributed by atoms with Crippen LogP contribution in [0.3, 0.4) is 0 Å². The molecule has 0 fully saturated rings. The summed E-state index contributed by atoms with van der Waals surface area (Å²) in [6.45, 7) is 6.45. The molecule has 0 aromatic carbocycles. The van der Waals surface area contributed by atoms with Gasteiger partial charge in [-0.25, -0.2) is 0 Å². The quantitative estimate of drug-likeness (QED) is 0.0322. The molecule has 6 heteroatoms. The molecule has 59 heavy (non-hydrogen) atoms. The van der Waals surface area contributed by atoms with Gasteiger partial charge in [0.1, 0.15) is 6.10 Å². The minimum Gasteiger partial charge on any atom is -0.462 e. The molecule has 3 unspecified atom stereocenters. The number of amides is 1. The number of esters is 1. The number of allylic oxidation sites excluding steroid dienone is 4. The highest BCUT2D eigenvalue weighted by Gasteiger charge is 2.24.